The van der Waals surface area contributed by atoms with Gasteiger partial charge in [0.2, 0.25) is 0 Å². The Morgan fingerprint density at radius 1 is 1.35 bits per heavy atom. The van der Waals surface area contributed by atoms with Crippen LogP contribution >= 0.6 is 0 Å². The van der Waals surface area contributed by atoms with Crippen molar-refractivity contribution >= 4 is 5.69 Å². The predicted octanol–water partition coefficient (Wildman–Crippen LogP) is 2.79. The van der Waals surface area contributed by atoms with Gasteiger partial charge in [0.1, 0.15) is 5.82 Å². The number of nitrogens with one attached hydrogen (secondary N) is 1. The Bertz CT molecular complexity index is 372. The van der Waals surface area contributed by atoms with Crippen LogP contribution in [0.2, 0.25) is 0 Å². The monoisotopic (exact) mass is 236 g/mol. The molecule has 0 aromatic heterocycles. The van der Waals surface area contributed by atoms with E-state index in [1.807, 2.05) is 12.1 Å². The predicted molar refractivity (Wildman–Crippen MR) is 69.9 cm³/mol. The van der Waals surface area contributed by atoms with E-state index in [2.05, 4.69) is 31.0 Å². The van der Waals surface area contributed by atoms with Crippen molar-refractivity contribution in [2.45, 2.75) is 38.8 Å². The van der Waals surface area contributed by atoms with Crippen LogP contribution < -0.4 is 10.2 Å². The fourth-order valence-corrected chi connectivity index (χ4v) is 2.63. The number of anilines is 1. The maximum Gasteiger partial charge on any atom is 0.123 e. The van der Waals surface area contributed by atoms with E-state index >= 15 is 0 Å². The molecule has 1 N–H and O–H groups in total. The fourth-order valence-electron chi connectivity index (χ4n) is 2.63. The number of likely N-dealkylation sites (N-methyl/N-ethyl adjacent to an activating group) is 1. The molecule has 0 aliphatic carbocycles. The van der Waals surface area contributed by atoms with Gasteiger partial charge in [-0.2, -0.15) is 0 Å². The number of nitrogens with zero attached hydrogens (tertiary/aromatic N) is 1. The van der Waals surface area contributed by atoms with Crippen molar-refractivity contribution in [1.82, 2.24) is 5.32 Å². The molecule has 1 aromatic carbocycles. The van der Waals surface area contributed by atoms with Gasteiger partial charge in [-0.1, -0.05) is 0 Å². The second-order valence-corrected chi connectivity index (χ2v) is 5.39. The molecule has 1 saturated heterocycles. The third kappa shape index (κ3) is 2.78. The fraction of sp³-hybridized carbons (Fsp3) is 0.571. The van der Waals surface area contributed by atoms with E-state index in [1.165, 1.54) is 12.1 Å². The van der Waals surface area contributed by atoms with Crippen LogP contribution in [0, 0.1) is 5.82 Å². The molecule has 1 aliphatic rings. The lowest BCUT2D eigenvalue weighted by Gasteiger charge is -2.30. The normalized spacial score (nSPS) is 22.7. The zero-order valence-corrected chi connectivity index (χ0v) is 10.8. The largest absolute Gasteiger partial charge is 0.367 e. The summed E-state index contributed by atoms with van der Waals surface area (Å²) in [6.45, 7) is 8.55. The van der Waals surface area contributed by atoms with Crippen LogP contribution in [0.4, 0.5) is 10.1 Å². The number of halogens is 1. The highest BCUT2D eigenvalue weighted by Gasteiger charge is 2.33. The Labute approximate surface area is 103 Å². The second kappa shape index (κ2) is 4.65. The van der Waals surface area contributed by atoms with Crippen LogP contribution in [0.25, 0.3) is 0 Å². The van der Waals surface area contributed by atoms with E-state index in [0.717, 1.165) is 25.2 Å². The Hall–Kier alpha value is -1.09. The zero-order valence-electron chi connectivity index (χ0n) is 10.8. The molecular weight excluding hydrogens is 215 g/mol. The van der Waals surface area contributed by atoms with Gasteiger partial charge in [0.15, 0.2) is 0 Å². The van der Waals surface area contributed by atoms with Crippen molar-refractivity contribution in [2.75, 3.05) is 18.0 Å². The van der Waals surface area contributed by atoms with E-state index < -0.39 is 0 Å². The Kier molecular flexibility index (Phi) is 3.38. The molecule has 1 heterocycles. The Morgan fingerprint density at radius 3 is 2.47 bits per heavy atom. The number of benzene rings is 1. The SMILES string of the molecule is CCN(c1ccc(F)cc1)C1CNC(C)(C)C1. The minimum absolute atomic E-state index is 0.172. The summed E-state index contributed by atoms with van der Waals surface area (Å²) in [5.41, 5.74) is 1.32. The average molecular weight is 236 g/mol. The lowest BCUT2D eigenvalue weighted by molar-refractivity contribution is 0.452. The summed E-state index contributed by atoms with van der Waals surface area (Å²) in [5.74, 6) is -0.172. The third-order valence-corrected chi connectivity index (χ3v) is 3.50. The molecule has 94 valence electrons. The molecule has 2 nitrogen and oxygen atoms in total. The molecule has 0 saturated carbocycles. The topological polar surface area (TPSA) is 15.3 Å². The standard InChI is InChI=1S/C14H21FN2/c1-4-17(12-7-5-11(15)6-8-12)13-9-14(2,3)16-10-13/h5-8,13,16H,4,9-10H2,1-3H3. The molecule has 3 heteroatoms. The maximum atomic E-state index is 12.9. The van der Waals surface area contributed by atoms with Crippen molar-refractivity contribution in [2.24, 2.45) is 0 Å². The van der Waals surface area contributed by atoms with E-state index in [9.17, 15) is 4.39 Å². The lowest BCUT2D eigenvalue weighted by Crippen LogP contribution is -2.36. The molecule has 1 aliphatic heterocycles. The van der Waals surface area contributed by atoms with E-state index in [0.29, 0.717) is 6.04 Å². The van der Waals surface area contributed by atoms with Crippen LogP contribution in [0.15, 0.2) is 24.3 Å². The van der Waals surface area contributed by atoms with Crippen LogP contribution in [-0.4, -0.2) is 24.7 Å². The first kappa shape index (κ1) is 12.4. The summed E-state index contributed by atoms with van der Waals surface area (Å²) < 4.78 is 12.9. The molecule has 0 bridgehead atoms. The second-order valence-electron chi connectivity index (χ2n) is 5.39. The van der Waals surface area contributed by atoms with Crippen molar-refractivity contribution in [3.05, 3.63) is 30.1 Å². The first-order valence-corrected chi connectivity index (χ1v) is 6.29. The summed E-state index contributed by atoms with van der Waals surface area (Å²) in [5, 5.41) is 3.53. The summed E-state index contributed by atoms with van der Waals surface area (Å²) >= 11 is 0. The van der Waals surface area contributed by atoms with Crippen molar-refractivity contribution in [3.63, 3.8) is 0 Å². The Morgan fingerprint density at radius 2 is 2.00 bits per heavy atom. The van der Waals surface area contributed by atoms with Gasteiger partial charge in [-0.05, 0) is 51.5 Å². The van der Waals surface area contributed by atoms with Crippen molar-refractivity contribution in [3.8, 4) is 0 Å². The van der Waals surface area contributed by atoms with Gasteiger partial charge in [0.05, 0.1) is 0 Å². The van der Waals surface area contributed by atoms with Gasteiger partial charge in [-0.3, -0.25) is 0 Å². The smallest absolute Gasteiger partial charge is 0.123 e. The highest BCUT2D eigenvalue weighted by atomic mass is 19.1. The minimum Gasteiger partial charge on any atom is -0.367 e. The molecular formula is C14H21FN2. The van der Waals surface area contributed by atoms with Crippen LogP contribution in [0.5, 0.6) is 0 Å². The van der Waals surface area contributed by atoms with Crippen LogP contribution in [-0.2, 0) is 0 Å². The minimum atomic E-state index is -0.172. The van der Waals surface area contributed by atoms with E-state index in [1.54, 1.807) is 0 Å². The van der Waals surface area contributed by atoms with Gasteiger partial charge in [-0.15, -0.1) is 0 Å². The van der Waals surface area contributed by atoms with E-state index in [4.69, 9.17) is 0 Å². The van der Waals surface area contributed by atoms with Gasteiger partial charge in [0, 0.05) is 30.4 Å². The van der Waals surface area contributed by atoms with Crippen LogP contribution in [0.1, 0.15) is 27.2 Å². The maximum absolute atomic E-state index is 12.9. The average Bonchev–Trinajstić information content (AvgIpc) is 2.63. The number of rotatable bonds is 3. The highest BCUT2D eigenvalue weighted by molar-refractivity contribution is 5.47. The van der Waals surface area contributed by atoms with Crippen LogP contribution in [0.3, 0.4) is 0 Å². The summed E-state index contributed by atoms with van der Waals surface area (Å²) in [6.07, 6.45) is 1.12. The first-order chi connectivity index (χ1) is 8.02. The van der Waals surface area contributed by atoms with Crippen molar-refractivity contribution < 1.29 is 4.39 Å². The molecule has 1 atom stereocenters. The van der Waals surface area contributed by atoms with Crippen molar-refractivity contribution in [1.29, 1.82) is 0 Å². The molecule has 17 heavy (non-hydrogen) atoms. The Balaban J connectivity index is 2.14. The third-order valence-electron chi connectivity index (χ3n) is 3.50. The zero-order chi connectivity index (χ0) is 12.5. The summed E-state index contributed by atoms with van der Waals surface area (Å²) in [7, 11) is 0. The lowest BCUT2D eigenvalue weighted by atomic mass is 10.0. The molecule has 0 radical (unpaired) electrons. The molecule has 1 aromatic rings. The molecule has 1 fully saturated rings. The van der Waals surface area contributed by atoms with Gasteiger partial charge >= 0.3 is 0 Å². The highest BCUT2D eigenvalue weighted by Crippen LogP contribution is 2.26. The molecule has 0 amide bonds. The van der Waals surface area contributed by atoms with Gasteiger partial charge in [0.25, 0.3) is 0 Å². The van der Waals surface area contributed by atoms with Gasteiger partial charge in [-0.25, -0.2) is 4.39 Å². The summed E-state index contributed by atoms with van der Waals surface area (Å²) in [4.78, 5) is 2.35. The number of hydrogen-bond donors (Lipinski definition) is 1. The summed E-state index contributed by atoms with van der Waals surface area (Å²) in [6, 6.07) is 7.30. The molecule has 2 rings (SSSR count). The molecule has 0 spiro atoms. The van der Waals surface area contributed by atoms with Gasteiger partial charge < -0.3 is 10.2 Å². The number of hydrogen-bond acceptors (Lipinski definition) is 2. The first-order valence-electron chi connectivity index (χ1n) is 6.29. The van der Waals surface area contributed by atoms with E-state index in [-0.39, 0.29) is 11.4 Å². The quantitative estimate of drug-likeness (QED) is 0.868. The molecule has 1 unspecified atom stereocenters.